The average Bonchev–Trinajstić information content (AvgIpc) is 2.31. The minimum atomic E-state index is -1.69. The Hall–Kier alpha value is 0.0969. The first kappa shape index (κ1) is 12.2. The van der Waals surface area contributed by atoms with Crippen LogP contribution in [0.1, 0.15) is 27.2 Å². The van der Waals surface area contributed by atoms with Crippen LogP contribution in [0.25, 0.3) is 0 Å². The molecule has 0 radical (unpaired) electrons. The average molecular weight is 218 g/mol. The van der Waals surface area contributed by atoms with Crippen molar-refractivity contribution in [2.75, 3.05) is 6.61 Å². The summed E-state index contributed by atoms with van der Waals surface area (Å²) >= 11 is 0. The molecule has 1 saturated heterocycles. The molecule has 84 valence electrons. The molecule has 2 atom stereocenters. The van der Waals surface area contributed by atoms with E-state index in [4.69, 9.17) is 9.16 Å². The van der Waals surface area contributed by atoms with Gasteiger partial charge in [0.1, 0.15) is 0 Å². The Bertz CT molecular complexity index is 198. The fourth-order valence-corrected chi connectivity index (χ4v) is 2.61. The zero-order chi connectivity index (χ0) is 11.0. The van der Waals surface area contributed by atoms with Crippen LogP contribution in [0.5, 0.6) is 0 Å². The normalized spacial score (nSPS) is 29.6. The van der Waals surface area contributed by atoms with Crippen LogP contribution >= 0.6 is 0 Å². The summed E-state index contributed by atoms with van der Waals surface area (Å²) in [5.74, 6) is 0. The van der Waals surface area contributed by atoms with E-state index < -0.39 is 14.6 Å². The van der Waals surface area contributed by atoms with E-state index in [0.29, 0.717) is 13.0 Å². The van der Waals surface area contributed by atoms with Gasteiger partial charge in [-0.2, -0.15) is 0 Å². The van der Waals surface area contributed by atoms with Gasteiger partial charge in [0.15, 0.2) is 14.6 Å². The molecule has 0 bridgehead atoms. The van der Waals surface area contributed by atoms with Gasteiger partial charge in [0, 0.05) is 6.42 Å². The molecular formula is C10H22O3Si. The molecular weight excluding hydrogens is 196 g/mol. The number of ether oxygens (including phenoxy) is 1. The van der Waals surface area contributed by atoms with Crippen LogP contribution in [-0.4, -0.2) is 32.4 Å². The van der Waals surface area contributed by atoms with Crippen molar-refractivity contribution < 1.29 is 14.3 Å². The van der Waals surface area contributed by atoms with Crippen LogP contribution in [-0.2, 0) is 9.16 Å². The van der Waals surface area contributed by atoms with Crippen molar-refractivity contribution in [3.63, 3.8) is 0 Å². The molecule has 0 saturated carbocycles. The molecule has 0 aromatic carbocycles. The van der Waals surface area contributed by atoms with Crippen molar-refractivity contribution in [3.05, 3.63) is 0 Å². The highest BCUT2D eigenvalue weighted by Gasteiger charge is 2.40. The zero-order valence-electron chi connectivity index (χ0n) is 9.83. The first-order valence-corrected chi connectivity index (χ1v) is 8.11. The van der Waals surface area contributed by atoms with E-state index in [1.165, 1.54) is 0 Å². The Morgan fingerprint density at radius 3 is 2.29 bits per heavy atom. The van der Waals surface area contributed by atoms with Gasteiger partial charge in [-0.15, -0.1) is 0 Å². The van der Waals surface area contributed by atoms with Gasteiger partial charge in [0.2, 0.25) is 0 Å². The van der Waals surface area contributed by atoms with Crippen molar-refractivity contribution >= 4 is 8.32 Å². The summed E-state index contributed by atoms with van der Waals surface area (Å²) < 4.78 is 11.2. The van der Waals surface area contributed by atoms with Gasteiger partial charge in [-0.05, 0) is 18.1 Å². The lowest BCUT2D eigenvalue weighted by atomic mass is 10.2. The zero-order valence-corrected chi connectivity index (χ0v) is 10.8. The molecule has 0 aromatic heterocycles. The van der Waals surface area contributed by atoms with Gasteiger partial charge in [-0.25, -0.2) is 0 Å². The van der Waals surface area contributed by atoms with Crippen LogP contribution in [0.15, 0.2) is 0 Å². The second-order valence-corrected chi connectivity index (χ2v) is 10.3. The predicted molar refractivity (Wildman–Crippen MR) is 58.6 cm³/mol. The summed E-state index contributed by atoms with van der Waals surface area (Å²) in [4.78, 5) is 0. The van der Waals surface area contributed by atoms with Crippen LogP contribution < -0.4 is 0 Å². The van der Waals surface area contributed by atoms with Gasteiger partial charge < -0.3 is 14.3 Å². The summed E-state index contributed by atoms with van der Waals surface area (Å²) in [5.41, 5.74) is 0. The predicted octanol–water partition coefficient (Wildman–Crippen LogP) is 2.12. The lowest BCUT2D eigenvalue weighted by Gasteiger charge is -2.38. The summed E-state index contributed by atoms with van der Waals surface area (Å²) in [6, 6.07) is 0. The number of rotatable bonds is 2. The Morgan fingerprint density at radius 1 is 1.36 bits per heavy atom. The largest absolute Gasteiger partial charge is 0.411 e. The third kappa shape index (κ3) is 2.79. The summed E-state index contributed by atoms with van der Waals surface area (Å²) in [7, 11) is -1.69. The second-order valence-electron chi connectivity index (χ2n) is 5.52. The maximum atomic E-state index is 9.21. The smallest absolute Gasteiger partial charge is 0.192 e. The molecule has 0 aliphatic carbocycles. The van der Waals surface area contributed by atoms with Crippen molar-refractivity contribution in [2.45, 2.75) is 57.7 Å². The molecule has 1 aliphatic rings. The second kappa shape index (κ2) is 3.93. The monoisotopic (exact) mass is 218 g/mol. The minimum Gasteiger partial charge on any atom is -0.411 e. The molecule has 1 aliphatic heterocycles. The van der Waals surface area contributed by atoms with E-state index in [1.54, 1.807) is 0 Å². The number of hydrogen-bond acceptors (Lipinski definition) is 3. The molecule has 1 fully saturated rings. The third-order valence-corrected chi connectivity index (χ3v) is 7.74. The van der Waals surface area contributed by atoms with Gasteiger partial charge in [-0.1, -0.05) is 20.8 Å². The third-order valence-electron chi connectivity index (χ3n) is 3.21. The standard InChI is InChI=1S/C10H22O3Si/c1-10(2,3)14(4,5)13-8-6-9(11)12-7-8/h8-9,11H,6-7H2,1-5H3/t8-,9-/m1/s1. The fourth-order valence-electron chi connectivity index (χ4n) is 1.25. The Balaban J connectivity index is 2.51. The highest BCUT2D eigenvalue weighted by molar-refractivity contribution is 6.74. The molecule has 1 heterocycles. The first-order valence-electron chi connectivity index (χ1n) is 5.20. The van der Waals surface area contributed by atoms with E-state index in [9.17, 15) is 5.11 Å². The summed E-state index contributed by atoms with van der Waals surface area (Å²) in [6.07, 6.45) is 0.0858. The SMILES string of the molecule is CC(C)(C)[Si](C)(C)O[C@H]1CO[C@@H](O)C1. The highest BCUT2D eigenvalue weighted by atomic mass is 28.4. The van der Waals surface area contributed by atoms with Crippen LogP contribution in [0.3, 0.4) is 0 Å². The highest BCUT2D eigenvalue weighted by Crippen LogP contribution is 2.38. The molecule has 0 aromatic rings. The molecule has 0 amide bonds. The maximum Gasteiger partial charge on any atom is 0.192 e. The Kier molecular flexibility index (Phi) is 3.41. The topological polar surface area (TPSA) is 38.7 Å². The fraction of sp³-hybridized carbons (Fsp3) is 1.00. The van der Waals surface area contributed by atoms with Gasteiger partial charge >= 0.3 is 0 Å². The van der Waals surface area contributed by atoms with E-state index in [1.807, 2.05) is 0 Å². The van der Waals surface area contributed by atoms with Gasteiger partial charge in [0.25, 0.3) is 0 Å². The van der Waals surface area contributed by atoms with Crippen molar-refractivity contribution in [3.8, 4) is 0 Å². The Morgan fingerprint density at radius 2 is 1.93 bits per heavy atom. The molecule has 1 rings (SSSR count). The van der Waals surface area contributed by atoms with Crippen molar-refractivity contribution in [1.29, 1.82) is 0 Å². The van der Waals surface area contributed by atoms with Crippen molar-refractivity contribution in [1.82, 2.24) is 0 Å². The quantitative estimate of drug-likeness (QED) is 0.722. The molecule has 0 spiro atoms. The molecule has 3 nitrogen and oxygen atoms in total. The minimum absolute atomic E-state index is 0.0888. The van der Waals surface area contributed by atoms with Gasteiger partial charge in [0.05, 0.1) is 12.7 Å². The lowest BCUT2D eigenvalue weighted by molar-refractivity contribution is -0.0594. The Labute approximate surface area is 87.5 Å². The molecule has 14 heavy (non-hydrogen) atoms. The summed E-state index contributed by atoms with van der Waals surface area (Å²) in [6.45, 7) is 11.6. The molecule has 4 heteroatoms. The molecule has 0 unspecified atom stereocenters. The van der Waals surface area contributed by atoms with Crippen LogP contribution in [0.2, 0.25) is 18.1 Å². The lowest BCUT2D eigenvalue weighted by Crippen LogP contribution is -2.44. The van der Waals surface area contributed by atoms with Gasteiger partial charge in [-0.3, -0.25) is 0 Å². The van der Waals surface area contributed by atoms with E-state index in [0.717, 1.165) is 0 Å². The summed E-state index contributed by atoms with van der Waals surface area (Å²) in [5, 5.41) is 9.44. The molecule has 1 N–H and O–H groups in total. The number of hydrogen-bond donors (Lipinski definition) is 1. The van der Waals surface area contributed by atoms with Crippen molar-refractivity contribution in [2.24, 2.45) is 0 Å². The van der Waals surface area contributed by atoms with E-state index >= 15 is 0 Å². The number of aliphatic hydroxyl groups is 1. The number of aliphatic hydroxyl groups excluding tert-OH is 1. The first-order chi connectivity index (χ1) is 6.22. The van der Waals surface area contributed by atoms with Crippen LogP contribution in [0, 0.1) is 0 Å². The van der Waals surface area contributed by atoms with Crippen LogP contribution in [0.4, 0.5) is 0 Å². The maximum absolute atomic E-state index is 9.21. The van der Waals surface area contributed by atoms with E-state index in [-0.39, 0.29) is 11.1 Å². The van der Waals surface area contributed by atoms with E-state index in [2.05, 4.69) is 33.9 Å².